The van der Waals surface area contributed by atoms with Gasteiger partial charge in [0.2, 0.25) is 0 Å². The molecule has 21 heavy (non-hydrogen) atoms. The predicted molar refractivity (Wildman–Crippen MR) is 73.4 cm³/mol. The summed E-state index contributed by atoms with van der Waals surface area (Å²) in [6, 6.07) is 9.76. The molecule has 0 aliphatic rings. The maximum absolute atomic E-state index is 12.4. The Morgan fingerprint density at radius 1 is 1.10 bits per heavy atom. The fourth-order valence-electron chi connectivity index (χ4n) is 1.85. The quantitative estimate of drug-likeness (QED) is 0.895. The van der Waals surface area contributed by atoms with Gasteiger partial charge >= 0.3 is 6.18 Å². The number of para-hydroxylation sites is 1. The maximum Gasteiger partial charge on any atom is 0.416 e. The molecular weight excluding hydrogens is 283 g/mol. The molecule has 0 heterocycles. The van der Waals surface area contributed by atoms with Gasteiger partial charge in [-0.15, -0.1) is 0 Å². The Morgan fingerprint density at radius 3 is 2.33 bits per heavy atom. The summed E-state index contributed by atoms with van der Waals surface area (Å²) in [6.07, 6.45) is -4.34. The summed E-state index contributed by atoms with van der Waals surface area (Å²) in [4.78, 5) is 0. The van der Waals surface area contributed by atoms with Crippen LogP contribution in [0.15, 0.2) is 42.5 Å². The highest BCUT2D eigenvalue weighted by molar-refractivity contribution is 5.49. The first-order valence-corrected chi connectivity index (χ1v) is 6.18. The van der Waals surface area contributed by atoms with E-state index in [0.29, 0.717) is 17.0 Å². The molecule has 0 fully saturated rings. The number of methoxy groups -OCH3 is 1. The fourth-order valence-corrected chi connectivity index (χ4v) is 1.85. The molecule has 2 rings (SSSR count). The number of hydrogen-bond acceptors (Lipinski definition) is 3. The van der Waals surface area contributed by atoms with Crippen molar-refractivity contribution in [3.05, 3.63) is 53.6 Å². The van der Waals surface area contributed by atoms with Gasteiger partial charge in [0.15, 0.2) is 11.5 Å². The molecule has 6 heteroatoms. The topological polar surface area (TPSA) is 41.5 Å². The molecule has 3 nitrogen and oxygen atoms in total. The zero-order valence-electron chi connectivity index (χ0n) is 11.2. The molecule has 0 aromatic heterocycles. The minimum Gasteiger partial charge on any atom is -0.504 e. The van der Waals surface area contributed by atoms with E-state index in [1.54, 1.807) is 18.2 Å². The second-order valence-corrected chi connectivity index (χ2v) is 4.40. The highest BCUT2D eigenvalue weighted by atomic mass is 19.4. The van der Waals surface area contributed by atoms with Gasteiger partial charge in [0.1, 0.15) is 0 Å². The number of phenolic OH excluding ortho intramolecular Hbond substituents is 1. The van der Waals surface area contributed by atoms with Gasteiger partial charge in [-0.25, -0.2) is 0 Å². The van der Waals surface area contributed by atoms with Crippen LogP contribution in [-0.2, 0) is 12.7 Å². The van der Waals surface area contributed by atoms with E-state index in [-0.39, 0.29) is 12.3 Å². The Bertz CT molecular complexity index is 609. The van der Waals surface area contributed by atoms with Gasteiger partial charge < -0.3 is 15.2 Å². The van der Waals surface area contributed by atoms with Crippen LogP contribution in [0.3, 0.4) is 0 Å². The highest BCUT2D eigenvalue weighted by Crippen LogP contribution is 2.31. The summed E-state index contributed by atoms with van der Waals surface area (Å²) >= 11 is 0. The molecular formula is C15H14F3NO2. The molecule has 0 saturated heterocycles. The molecule has 2 aromatic rings. The van der Waals surface area contributed by atoms with E-state index < -0.39 is 11.7 Å². The lowest BCUT2D eigenvalue weighted by Crippen LogP contribution is -2.05. The number of alkyl halides is 3. The molecule has 0 amide bonds. The van der Waals surface area contributed by atoms with Crippen LogP contribution in [0, 0.1) is 0 Å². The zero-order valence-corrected chi connectivity index (χ0v) is 11.2. The largest absolute Gasteiger partial charge is 0.504 e. The normalized spacial score (nSPS) is 11.2. The number of anilines is 1. The lowest BCUT2D eigenvalue weighted by molar-refractivity contribution is -0.137. The molecule has 0 atom stereocenters. The average molecular weight is 297 g/mol. The van der Waals surface area contributed by atoms with Crippen molar-refractivity contribution in [3.63, 3.8) is 0 Å². The van der Waals surface area contributed by atoms with Crippen LogP contribution in [0.2, 0.25) is 0 Å². The van der Waals surface area contributed by atoms with E-state index in [0.717, 1.165) is 12.1 Å². The molecule has 0 aliphatic carbocycles. The van der Waals surface area contributed by atoms with E-state index in [9.17, 15) is 18.3 Å². The number of ether oxygens (including phenoxy) is 1. The number of aromatic hydroxyl groups is 1. The molecule has 0 aliphatic heterocycles. The molecule has 0 spiro atoms. The summed E-state index contributed by atoms with van der Waals surface area (Å²) in [5.74, 6) is 0.362. The Kier molecular flexibility index (Phi) is 4.26. The SMILES string of the molecule is COc1cccc(CNc2ccc(C(F)(F)F)cc2)c1O. The predicted octanol–water partition coefficient (Wildman–Crippen LogP) is 4.03. The first kappa shape index (κ1) is 15.0. The lowest BCUT2D eigenvalue weighted by Gasteiger charge is -2.12. The van der Waals surface area contributed by atoms with Crippen molar-refractivity contribution >= 4 is 5.69 Å². The van der Waals surface area contributed by atoms with E-state index in [4.69, 9.17) is 4.74 Å². The Hall–Kier alpha value is -2.37. The van der Waals surface area contributed by atoms with Gasteiger partial charge in [0, 0.05) is 17.8 Å². The lowest BCUT2D eigenvalue weighted by atomic mass is 10.1. The van der Waals surface area contributed by atoms with Crippen LogP contribution in [-0.4, -0.2) is 12.2 Å². The number of phenols is 1. The minimum absolute atomic E-state index is 0.0133. The monoisotopic (exact) mass is 297 g/mol. The zero-order chi connectivity index (χ0) is 15.5. The van der Waals surface area contributed by atoms with E-state index >= 15 is 0 Å². The van der Waals surface area contributed by atoms with Crippen molar-refractivity contribution < 1.29 is 23.0 Å². The van der Waals surface area contributed by atoms with Crippen molar-refractivity contribution in [1.29, 1.82) is 0 Å². The minimum atomic E-state index is -4.34. The van der Waals surface area contributed by atoms with E-state index in [1.165, 1.54) is 19.2 Å². The summed E-state index contributed by atoms with van der Waals surface area (Å²) in [5.41, 5.74) is 0.428. The smallest absolute Gasteiger partial charge is 0.416 e. The van der Waals surface area contributed by atoms with Gasteiger partial charge in [0.25, 0.3) is 0 Å². The molecule has 2 aromatic carbocycles. The van der Waals surface area contributed by atoms with Crippen LogP contribution in [0.25, 0.3) is 0 Å². The molecule has 112 valence electrons. The number of nitrogens with one attached hydrogen (secondary N) is 1. The van der Waals surface area contributed by atoms with Crippen molar-refractivity contribution in [1.82, 2.24) is 0 Å². The number of hydrogen-bond donors (Lipinski definition) is 2. The summed E-state index contributed by atoms with van der Waals surface area (Å²) in [7, 11) is 1.45. The first-order valence-electron chi connectivity index (χ1n) is 6.18. The molecule has 2 N–H and O–H groups in total. The molecule has 0 bridgehead atoms. The Balaban J connectivity index is 2.07. The third-order valence-electron chi connectivity index (χ3n) is 3.00. The molecule has 0 radical (unpaired) electrons. The van der Waals surface area contributed by atoms with Crippen molar-refractivity contribution in [2.24, 2.45) is 0 Å². The van der Waals surface area contributed by atoms with Crippen LogP contribution >= 0.6 is 0 Å². The van der Waals surface area contributed by atoms with Crippen LogP contribution in [0.5, 0.6) is 11.5 Å². The Morgan fingerprint density at radius 2 is 1.76 bits per heavy atom. The van der Waals surface area contributed by atoms with Crippen LogP contribution in [0.1, 0.15) is 11.1 Å². The van der Waals surface area contributed by atoms with E-state index in [2.05, 4.69) is 5.32 Å². The summed E-state index contributed by atoms with van der Waals surface area (Å²) in [5, 5.41) is 12.9. The standard InChI is InChI=1S/C15H14F3NO2/c1-21-13-4-2-3-10(14(13)20)9-19-12-7-5-11(6-8-12)15(16,17)18/h2-8,19-20H,9H2,1H3. The van der Waals surface area contributed by atoms with Crippen LogP contribution < -0.4 is 10.1 Å². The highest BCUT2D eigenvalue weighted by Gasteiger charge is 2.29. The second kappa shape index (κ2) is 5.95. The first-order chi connectivity index (χ1) is 9.91. The maximum atomic E-state index is 12.4. The van der Waals surface area contributed by atoms with Crippen molar-refractivity contribution in [2.75, 3.05) is 12.4 Å². The van der Waals surface area contributed by atoms with E-state index in [1.807, 2.05) is 0 Å². The third kappa shape index (κ3) is 3.59. The van der Waals surface area contributed by atoms with Crippen molar-refractivity contribution in [3.8, 4) is 11.5 Å². The third-order valence-corrected chi connectivity index (χ3v) is 3.00. The van der Waals surface area contributed by atoms with Gasteiger partial charge in [0.05, 0.1) is 12.7 Å². The Labute approximate surface area is 120 Å². The molecule has 0 unspecified atom stereocenters. The number of rotatable bonds is 4. The number of benzene rings is 2. The van der Waals surface area contributed by atoms with Gasteiger partial charge in [-0.05, 0) is 30.3 Å². The fraction of sp³-hybridized carbons (Fsp3) is 0.200. The van der Waals surface area contributed by atoms with Crippen LogP contribution in [0.4, 0.5) is 18.9 Å². The summed E-state index contributed by atoms with van der Waals surface area (Å²) in [6.45, 7) is 0.272. The van der Waals surface area contributed by atoms with Gasteiger partial charge in [-0.3, -0.25) is 0 Å². The number of halogens is 3. The van der Waals surface area contributed by atoms with Crippen molar-refractivity contribution in [2.45, 2.75) is 12.7 Å². The van der Waals surface area contributed by atoms with Gasteiger partial charge in [-0.2, -0.15) is 13.2 Å². The summed E-state index contributed by atoms with van der Waals surface area (Å²) < 4.78 is 42.3. The molecule has 0 saturated carbocycles. The second-order valence-electron chi connectivity index (χ2n) is 4.40. The average Bonchev–Trinajstić information content (AvgIpc) is 2.46. The van der Waals surface area contributed by atoms with Gasteiger partial charge in [-0.1, -0.05) is 12.1 Å².